The molecular formula is C14H19NO4. The molecule has 0 spiro atoms. The minimum atomic E-state index is -1.30. The monoisotopic (exact) mass is 265 g/mol. The van der Waals surface area contributed by atoms with Gasteiger partial charge in [0.25, 0.3) is 5.91 Å². The number of aromatic hydroxyl groups is 1. The number of nitrogens with zero attached hydrogens (tertiary/aromatic N) is 1. The van der Waals surface area contributed by atoms with Gasteiger partial charge in [0.2, 0.25) is 0 Å². The zero-order valence-corrected chi connectivity index (χ0v) is 11.6. The molecular weight excluding hydrogens is 246 g/mol. The van der Waals surface area contributed by atoms with E-state index >= 15 is 0 Å². The van der Waals surface area contributed by atoms with Gasteiger partial charge in [-0.3, -0.25) is 4.79 Å². The Morgan fingerprint density at radius 2 is 1.89 bits per heavy atom. The van der Waals surface area contributed by atoms with E-state index in [1.807, 2.05) is 0 Å². The van der Waals surface area contributed by atoms with Crippen molar-refractivity contribution in [2.24, 2.45) is 0 Å². The van der Waals surface area contributed by atoms with Gasteiger partial charge in [0.05, 0.1) is 0 Å². The van der Waals surface area contributed by atoms with Gasteiger partial charge < -0.3 is 15.1 Å². The number of rotatable bonds is 4. The van der Waals surface area contributed by atoms with Crippen molar-refractivity contribution in [2.45, 2.75) is 33.2 Å². The molecule has 0 aliphatic heterocycles. The second-order valence-corrected chi connectivity index (χ2v) is 4.86. The van der Waals surface area contributed by atoms with Crippen LogP contribution in [0.1, 0.15) is 36.7 Å². The molecule has 0 saturated heterocycles. The third-order valence-corrected chi connectivity index (χ3v) is 3.30. The van der Waals surface area contributed by atoms with E-state index < -0.39 is 17.4 Å². The third kappa shape index (κ3) is 2.70. The molecule has 0 fully saturated rings. The van der Waals surface area contributed by atoms with Crippen molar-refractivity contribution in [2.75, 3.05) is 6.54 Å². The number of carbonyl (C=O) groups excluding carboxylic acids is 1. The first-order valence-electron chi connectivity index (χ1n) is 6.07. The summed E-state index contributed by atoms with van der Waals surface area (Å²) in [5.74, 6) is -1.45. The average molecular weight is 265 g/mol. The molecule has 0 heterocycles. The number of hydrogen-bond acceptors (Lipinski definition) is 3. The first-order chi connectivity index (χ1) is 8.73. The molecule has 104 valence electrons. The number of aliphatic carboxylic acids is 1. The van der Waals surface area contributed by atoms with Gasteiger partial charge in [-0.1, -0.05) is 6.07 Å². The Morgan fingerprint density at radius 3 is 2.37 bits per heavy atom. The lowest BCUT2D eigenvalue weighted by molar-refractivity contribution is -0.147. The minimum absolute atomic E-state index is 0.0232. The second kappa shape index (κ2) is 5.30. The second-order valence-electron chi connectivity index (χ2n) is 4.86. The van der Waals surface area contributed by atoms with Crippen LogP contribution in [0.5, 0.6) is 5.75 Å². The molecule has 19 heavy (non-hydrogen) atoms. The normalized spacial score (nSPS) is 11.2. The molecule has 0 unspecified atom stereocenters. The predicted octanol–water partition coefficient (Wildman–Crippen LogP) is 2.03. The maximum atomic E-state index is 12.5. The highest BCUT2D eigenvalue weighted by Gasteiger charge is 2.37. The lowest BCUT2D eigenvalue weighted by Crippen LogP contribution is -2.53. The lowest BCUT2D eigenvalue weighted by Gasteiger charge is -2.34. The summed E-state index contributed by atoms with van der Waals surface area (Å²) in [5, 5.41) is 18.8. The van der Waals surface area contributed by atoms with E-state index in [0.717, 1.165) is 0 Å². The molecule has 0 saturated carbocycles. The first kappa shape index (κ1) is 15.0. The molecule has 1 amide bonds. The highest BCUT2D eigenvalue weighted by molar-refractivity contribution is 5.99. The summed E-state index contributed by atoms with van der Waals surface area (Å²) < 4.78 is 0. The largest absolute Gasteiger partial charge is 0.508 e. The summed E-state index contributed by atoms with van der Waals surface area (Å²) in [6.07, 6.45) is 0. The average Bonchev–Trinajstić information content (AvgIpc) is 2.32. The minimum Gasteiger partial charge on any atom is -0.508 e. The number of likely N-dealkylation sites (N-methyl/N-ethyl adjacent to an activating group) is 1. The van der Waals surface area contributed by atoms with E-state index in [1.165, 1.54) is 24.8 Å². The first-order valence-corrected chi connectivity index (χ1v) is 6.07. The van der Waals surface area contributed by atoms with E-state index in [0.29, 0.717) is 11.1 Å². The van der Waals surface area contributed by atoms with Crippen molar-refractivity contribution in [1.82, 2.24) is 4.90 Å². The molecule has 1 rings (SSSR count). The van der Waals surface area contributed by atoms with E-state index in [4.69, 9.17) is 0 Å². The summed E-state index contributed by atoms with van der Waals surface area (Å²) >= 11 is 0. The molecule has 0 radical (unpaired) electrons. The number of benzene rings is 1. The van der Waals surface area contributed by atoms with E-state index in [2.05, 4.69) is 0 Å². The van der Waals surface area contributed by atoms with Gasteiger partial charge >= 0.3 is 5.97 Å². The maximum absolute atomic E-state index is 12.5. The summed E-state index contributed by atoms with van der Waals surface area (Å²) in [7, 11) is 0. The van der Waals surface area contributed by atoms with Gasteiger partial charge in [-0.05, 0) is 39.8 Å². The van der Waals surface area contributed by atoms with Gasteiger partial charge in [-0.2, -0.15) is 0 Å². The third-order valence-electron chi connectivity index (χ3n) is 3.30. The van der Waals surface area contributed by atoms with Crippen molar-refractivity contribution >= 4 is 11.9 Å². The van der Waals surface area contributed by atoms with Crippen LogP contribution in [0.4, 0.5) is 0 Å². The van der Waals surface area contributed by atoms with Crippen LogP contribution in [0.3, 0.4) is 0 Å². The Balaban J connectivity index is 3.24. The van der Waals surface area contributed by atoms with Gasteiger partial charge in [-0.15, -0.1) is 0 Å². The van der Waals surface area contributed by atoms with Gasteiger partial charge in [-0.25, -0.2) is 4.79 Å². The van der Waals surface area contributed by atoms with Gasteiger partial charge in [0.1, 0.15) is 11.3 Å². The van der Waals surface area contributed by atoms with Crippen LogP contribution >= 0.6 is 0 Å². The van der Waals surface area contributed by atoms with E-state index in [-0.39, 0.29) is 12.3 Å². The maximum Gasteiger partial charge on any atom is 0.329 e. The van der Waals surface area contributed by atoms with Crippen LogP contribution in [0.15, 0.2) is 18.2 Å². The molecule has 0 aliphatic rings. The number of phenols is 1. The molecule has 0 aliphatic carbocycles. The van der Waals surface area contributed by atoms with Crippen molar-refractivity contribution in [3.8, 4) is 5.75 Å². The zero-order valence-electron chi connectivity index (χ0n) is 11.6. The summed E-state index contributed by atoms with van der Waals surface area (Å²) in [6, 6.07) is 4.64. The zero-order chi connectivity index (χ0) is 14.8. The van der Waals surface area contributed by atoms with Crippen LogP contribution < -0.4 is 0 Å². The van der Waals surface area contributed by atoms with Gasteiger partial charge in [0.15, 0.2) is 0 Å². The van der Waals surface area contributed by atoms with E-state index in [1.54, 1.807) is 26.0 Å². The quantitative estimate of drug-likeness (QED) is 0.873. The fourth-order valence-corrected chi connectivity index (χ4v) is 1.91. The SMILES string of the molecule is CCN(C(=O)c1cccc(O)c1C)C(C)(C)C(=O)O. The van der Waals surface area contributed by atoms with Crippen molar-refractivity contribution < 1.29 is 19.8 Å². The molecule has 1 aromatic carbocycles. The molecule has 1 aromatic rings. The Hall–Kier alpha value is -2.04. The Morgan fingerprint density at radius 1 is 1.32 bits per heavy atom. The highest BCUT2D eigenvalue weighted by atomic mass is 16.4. The number of carboxylic acid groups (broad SMARTS) is 1. The smallest absolute Gasteiger partial charge is 0.329 e. The fourth-order valence-electron chi connectivity index (χ4n) is 1.91. The Labute approximate surface area is 112 Å². The summed E-state index contributed by atoms with van der Waals surface area (Å²) in [4.78, 5) is 25.0. The number of phenolic OH excluding ortho intramolecular Hbond substituents is 1. The molecule has 2 N–H and O–H groups in total. The van der Waals surface area contributed by atoms with Crippen molar-refractivity contribution in [1.29, 1.82) is 0 Å². The van der Waals surface area contributed by atoms with E-state index in [9.17, 15) is 19.8 Å². The summed E-state index contributed by atoms with van der Waals surface area (Å²) in [5.41, 5.74) is -0.535. The number of amides is 1. The molecule has 0 aromatic heterocycles. The summed E-state index contributed by atoms with van der Waals surface area (Å²) in [6.45, 7) is 6.59. The number of carboxylic acids is 1. The van der Waals surface area contributed by atoms with Crippen molar-refractivity contribution in [3.63, 3.8) is 0 Å². The number of carbonyl (C=O) groups is 2. The predicted molar refractivity (Wildman–Crippen MR) is 71.3 cm³/mol. The van der Waals surface area contributed by atoms with Crippen LogP contribution in [0.25, 0.3) is 0 Å². The molecule has 0 bridgehead atoms. The Kier molecular flexibility index (Phi) is 4.19. The lowest BCUT2D eigenvalue weighted by atomic mass is 9.99. The number of hydrogen-bond donors (Lipinski definition) is 2. The molecule has 5 heteroatoms. The highest BCUT2D eigenvalue weighted by Crippen LogP contribution is 2.24. The Bertz CT molecular complexity index is 508. The van der Waals surface area contributed by atoms with Crippen LogP contribution in [-0.2, 0) is 4.79 Å². The fraction of sp³-hybridized carbons (Fsp3) is 0.429. The van der Waals surface area contributed by atoms with Crippen molar-refractivity contribution in [3.05, 3.63) is 29.3 Å². The molecule has 0 atom stereocenters. The standard InChI is InChI=1S/C14H19NO4/c1-5-15(14(3,4)13(18)19)12(17)10-7-6-8-11(16)9(10)2/h6-8,16H,5H2,1-4H3,(H,18,19). The van der Waals surface area contributed by atoms with Gasteiger partial charge in [0, 0.05) is 17.7 Å². The van der Waals surface area contributed by atoms with Crippen LogP contribution in [-0.4, -0.2) is 39.1 Å². The van der Waals surface area contributed by atoms with Crippen LogP contribution in [0.2, 0.25) is 0 Å². The van der Waals surface area contributed by atoms with Crippen LogP contribution in [0, 0.1) is 6.92 Å². The molecule has 5 nitrogen and oxygen atoms in total. The topological polar surface area (TPSA) is 77.8 Å².